The van der Waals surface area contributed by atoms with E-state index in [0.29, 0.717) is 12.1 Å². The van der Waals surface area contributed by atoms with Crippen LogP contribution in [0.4, 0.5) is 0 Å². The summed E-state index contributed by atoms with van der Waals surface area (Å²) in [5, 5.41) is 1.34. The summed E-state index contributed by atoms with van der Waals surface area (Å²) in [6.45, 7) is 10.2. The van der Waals surface area contributed by atoms with Crippen LogP contribution in [0.2, 0.25) is 0 Å². The van der Waals surface area contributed by atoms with Crippen LogP contribution in [0, 0.1) is 0 Å². The second-order valence-electron chi connectivity index (χ2n) is 5.47. The smallest absolute Gasteiger partial charge is 0.0465 e. The van der Waals surface area contributed by atoms with E-state index < -0.39 is 0 Å². The highest BCUT2D eigenvalue weighted by atomic mass is 35.5. The number of H-pyrrole nitrogens is 1. The molecule has 0 unspecified atom stereocenters. The van der Waals surface area contributed by atoms with Crippen LogP contribution in [0.15, 0.2) is 35.4 Å². The SMILES string of the molecule is CC(C)N(CCSc1c[nH]c2ccccc12)C(C)C.Cl. The van der Waals surface area contributed by atoms with Crippen LogP contribution in [0.1, 0.15) is 27.7 Å². The Morgan fingerprint density at radius 3 is 2.40 bits per heavy atom. The largest absolute Gasteiger partial charge is 0.360 e. The summed E-state index contributed by atoms with van der Waals surface area (Å²) in [6.07, 6.45) is 2.13. The van der Waals surface area contributed by atoms with E-state index in [1.807, 2.05) is 11.8 Å². The van der Waals surface area contributed by atoms with Crippen LogP contribution in [-0.4, -0.2) is 34.3 Å². The molecular formula is C16H25ClN2S. The maximum Gasteiger partial charge on any atom is 0.0465 e. The molecule has 0 atom stereocenters. The Hall–Kier alpha value is -0.640. The van der Waals surface area contributed by atoms with E-state index in [9.17, 15) is 0 Å². The molecule has 1 heterocycles. The normalized spacial score (nSPS) is 11.6. The van der Waals surface area contributed by atoms with Gasteiger partial charge in [-0.3, -0.25) is 4.90 Å². The average Bonchev–Trinajstić information content (AvgIpc) is 2.77. The third-order valence-corrected chi connectivity index (χ3v) is 4.52. The summed E-state index contributed by atoms with van der Waals surface area (Å²) in [4.78, 5) is 7.24. The lowest BCUT2D eigenvalue weighted by molar-refractivity contribution is 0.187. The van der Waals surface area contributed by atoms with Crippen LogP contribution in [0.5, 0.6) is 0 Å². The number of benzene rings is 1. The molecule has 0 fully saturated rings. The molecule has 0 aliphatic carbocycles. The van der Waals surface area contributed by atoms with Crippen molar-refractivity contribution < 1.29 is 0 Å². The van der Waals surface area contributed by atoms with Crippen molar-refractivity contribution in [2.75, 3.05) is 12.3 Å². The molecule has 1 N–H and O–H groups in total. The Morgan fingerprint density at radius 2 is 1.75 bits per heavy atom. The molecule has 0 bridgehead atoms. The number of hydrogen-bond acceptors (Lipinski definition) is 2. The monoisotopic (exact) mass is 312 g/mol. The molecular weight excluding hydrogens is 288 g/mol. The van der Waals surface area contributed by atoms with Crippen molar-refractivity contribution in [2.24, 2.45) is 0 Å². The first kappa shape index (κ1) is 17.4. The zero-order valence-electron chi connectivity index (χ0n) is 12.7. The summed E-state index contributed by atoms with van der Waals surface area (Å²) in [5.41, 5.74) is 1.23. The van der Waals surface area contributed by atoms with E-state index in [1.54, 1.807) is 0 Å². The lowest BCUT2D eigenvalue weighted by Gasteiger charge is -2.30. The molecule has 0 aliphatic rings. The third-order valence-electron chi connectivity index (χ3n) is 3.48. The van der Waals surface area contributed by atoms with Crippen molar-refractivity contribution in [2.45, 2.75) is 44.7 Å². The number of para-hydroxylation sites is 1. The maximum atomic E-state index is 3.34. The van der Waals surface area contributed by atoms with Gasteiger partial charge in [-0.15, -0.1) is 24.2 Å². The zero-order chi connectivity index (χ0) is 13.8. The van der Waals surface area contributed by atoms with Gasteiger partial charge in [0.25, 0.3) is 0 Å². The number of aromatic amines is 1. The molecule has 0 radical (unpaired) electrons. The topological polar surface area (TPSA) is 19.0 Å². The molecule has 0 saturated carbocycles. The highest BCUT2D eigenvalue weighted by Gasteiger charge is 2.13. The quantitative estimate of drug-likeness (QED) is 0.773. The first-order valence-corrected chi connectivity index (χ1v) is 8.03. The van der Waals surface area contributed by atoms with Crippen molar-refractivity contribution in [3.05, 3.63) is 30.5 Å². The third kappa shape index (κ3) is 4.18. The number of fused-ring (bicyclic) bond motifs is 1. The molecule has 2 aromatic rings. The number of thioether (sulfide) groups is 1. The predicted molar refractivity (Wildman–Crippen MR) is 93.2 cm³/mol. The van der Waals surface area contributed by atoms with E-state index in [0.717, 1.165) is 12.3 Å². The molecule has 0 saturated heterocycles. The average molecular weight is 313 g/mol. The van der Waals surface area contributed by atoms with Crippen molar-refractivity contribution in [1.82, 2.24) is 9.88 Å². The second kappa shape index (κ2) is 7.96. The Balaban J connectivity index is 0.00000200. The number of hydrogen-bond donors (Lipinski definition) is 1. The Bertz CT molecular complexity index is 514. The standard InChI is InChI=1S/C16H24N2S.ClH/c1-12(2)18(13(3)4)9-10-19-16-11-17-15-8-6-5-7-14(15)16;/h5-8,11-13,17H,9-10H2,1-4H3;1H. The van der Waals surface area contributed by atoms with E-state index >= 15 is 0 Å². The highest BCUT2D eigenvalue weighted by Crippen LogP contribution is 2.27. The fourth-order valence-electron chi connectivity index (χ4n) is 2.54. The van der Waals surface area contributed by atoms with Gasteiger partial charge in [0.1, 0.15) is 0 Å². The van der Waals surface area contributed by atoms with Gasteiger partial charge < -0.3 is 4.98 Å². The number of nitrogens with zero attached hydrogens (tertiary/aromatic N) is 1. The minimum Gasteiger partial charge on any atom is -0.360 e. The van der Waals surface area contributed by atoms with Crippen molar-refractivity contribution in [3.8, 4) is 0 Å². The summed E-state index contributed by atoms with van der Waals surface area (Å²) < 4.78 is 0. The maximum absolute atomic E-state index is 3.34. The summed E-state index contributed by atoms with van der Waals surface area (Å²) >= 11 is 1.95. The fourth-order valence-corrected chi connectivity index (χ4v) is 3.54. The lowest BCUT2D eigenvalue weighted by atomic mass is 10.2. The van der Waals surface area contributed by atoms with Gasteiger partial charge in [0.2, 0.25) is 0 Å². The molecule has 0 aliphatic heterocycles. The van der Waals surface area contributed by atoms with Gasteiger partial charge in [0.15, 0.2) is 0 Å². The molecule has 2 nitrogen and oxygen atoms in total. The molecule has 0 spiro atoms. The first-order valence-electron chi connectivity index (χ1n) is 7.04. The Kier molecular flexibility index (Phi) is 6.93. The minimum atomic E-state index is 0. The summed E-state index contributed by atoms with van der Waals surface area (Å²) in [7, 11) is 0. The van der Waals surface area contributed by atoms with Gasteiger partial charge in [-0.25, -0.2) is 0 Å². The summed E-state index contributed by atoms with van der Waals surface area (Å²) in [6, 6.07) is 9.73. The predicted octanol–water partition coefficient (Wildman–Crippen LogP) is 4.80. The first-order chi connectivity index (χ1) is 9.09. The van der Waals surface area contributed by atoms with Crippen molar-refractivity contribution in [1.29, 1.82) is 0 Å². The van der Waals surface area contributed by atoms with Gasteiger partial charge in [0.05, 0.1) is 0 Å². The van der Waals surface area contributed by atoms with Crippen LogP contribution >= 0.6 is 24.2 Å². The summed E-state index contributed by atoms with van der Waals surface area (Å²) in [5.74, 6) is 1.14. The van der Waals surface area contributed by atoms with Gasteiger partial charge in [-0.05, 0) is 33.8 Å². The highest BCUT2D eigenvalue weighted by molar-refractivity contribution is 7.99. The van der Waals surface area contributed by atoms with Gasteiger partial charge >= 0.3 is 0 Å². The van der Waals surface area contributed by atoms with Gasteiger partial charge in [0, 0.05) is 46.4 Å². The van der Waals surface area contributed by atoms with E-state index in [-0.39, 0.29) is 12.4 Å². The van der Waals surface area contributed by atoms with Crippen LogP contribution in [0.3, 0.4) is 0 Å². The molecule has 112 valence electrons. The number of rotatable bonds is 6. The van der Waals surface area contributed by atoms with Crippen molar-refractivity contribution in [3.63, 3.8) is 0 Å². The minimum absolute atomic E-state index is 0. The van der Waals surface area contributed by atoms with Gasteiger partial charge in [-0.1, -0.05) is 18.2 Å². The lowest BCUT2D eigenvalue weighted by Crippen LogP contribution is -2.38. The van der Waals surface area contributed by atoms with Crippen LogP contribution < -0.4 is 0 Å². The van der Waals surface area contributed by atoms with E-state index in [1.165, 1.54) is 15.8 Å². The second-order valence-corrected chi connectivity index (χ2v) is 6.61. The Morgan fingerprint density at radius 1 is 1.10 bits per heavy atom. The Labute approximate surface area is 132 Å². The number of nitrogens with one attached hydrogen (secondary N) is 1. The molecule has 20 heavy (non-hydrogen) atoms. The van der Waals surface area contributed by atoms with Crippen molar-refractivity contribution >= 4 is 35.1 Å². The van der Waals surface area contributed by atoms with Crippen LogP contribution in [-0.2, 0) is 0 Å². The van der Waals surface area contributed by atoms with Crippen LogP contribution in [0.25, 0.3) is 10.9 Å². The molecule has 0 amide bonds. The fraction of sp³-hybridized carbons (Fsp3) is 0.500. The molecule has 1 aromatic carbocycles. The van der Waals surface area contributed by atoms with Gasteiger partial charge in [-0.2, -0.15) is 0 Å². The van der Waals surface area contributed by atoms with E-state index in [2.05, 4.69) is 68.0 Å². The number of halogens is 1. The number of aromatic nitrogens is 1. The zero-order valence-corrected chi connectivity index (χ0v) is 14.4. The molecule has 2 rings (SSSR count). The molecule has 1 aromatic heterocycles. The molecule has 4 heteroatoms. The van der Waals surface area contributed by atoms with E-state index in [4.69, 9.17) is 0 Å².